The van der Waals surface area contributed by atoms with Crippen LogP contribution in [0, 0.1) is 0 Å². The van der Waals surface area contributed by atoms with Gasteiger partial charge in [-0.2, -0.15) is 0 Å². The fourth-order valence-corrected chi connectivity index (χ4v) is 3.04. The molecule has 3 nitrogen and oxygen atoms in total. The number of phenolic OH excluding ortho intramolecular Hbond substituents is 1. The van der Waals surface area contributed by atoms with Crippen molar-refractivity contribution in [3.8, 4) is 5.75 Å². The Morgan fingerprint density at radius 2 is 1.75 bits per heavy atom. The van der Waals surface area contributed by atoms with Crippen LogP contribution in [0.25, 0.3) is 33.8 Å². The minimum Gasteiger partial charge on any atom is -0.506 e. The molecule has 0 radical (unpaired) electrons. The third kappa shape index (κ3) is 2.40. The van der Waals surface area contributed by atoms with Gasteiger partial charge in [-0.25, -0.2) is 4.57 Å². The van der Waals surface area contributed by atoms with E-state index in [1.807, 2.05) is 25.2 Å². The van der Waals surface area contributed by atoms with Crippen molar-refractivity contribution in [1.82, 2.24) is 4.98 Å². The molecule has 0 amide bonds. The van der Waals surface area contributed by atoms with Crippen LogP contribution >= 0.6 is 0 Å². The van der Waals surface area contributed by atoms with Crippen molar-refractivity contribution in [2.45, 2.75) is 0 Å². The quantitative estimate of drug-likeness (QED) is 0.566. The highest BCUT2D eigenvalue weighted by Gasteiger charge is 2.09. The number of rotatable bonds is 2. The molecule has 3 heteroatoms. The minimum absolute atomic E-state index is 0.207. The summed E-state index contributed by atoms with van der Waals surface area (Å²) in [6.07, 6.45) is 7.95. The van der Waals surface area contributed by atoms with Crippen molar-refractivity contribution >= 4 is 33.8 Å². The number of aryl methyl sites for hydroxylation is 1. The summed E-state index contributed by atoms with van der Waals surface area (Å²) in [5.41, 5.74) is 2.80. The number of pyridine rings is 2. The van der Waals surface area contributed by atoms with Crippen molar-refractivity contribution in [3.63, 3.8) is 0 Å². The van der Waals surface area contributed by atoms with Crippen molar-refractivity contribution in [2.24, 2.45) is 7.05 Å². The van der Waals surface area contributed by atoms with E-state index in [-0.39, 0.29) is 5.75 Å². The normalized spacial score (nSPS) is 11.5. The van der Waals surface area contributed by atoms with E-state index in [0.717, 1.165) is 16.6 Å². The summed E-state index contributed by atoms with van der Waals surface area (Å²) in [6.45, 7) is 0. The molecule has 2 aromatic heterocycles. The smallest absolute Gasteiger partial charge is 0.212 e. The molecule has 0 saturated heterocycles. The zero-order valence-electron chi connectivity index (χ0n) is 13.3. The van der Waals surface area contributed by atoms with E-state index in [1.54, 1.807) is 12.3 Å². The maximum absolute atomic E-state index is 9.98. The highest BCUT2D eigenvalue weighted by molar-refractivity contribution is 5.95. The summed E-state index contributed by atoms with van der Waals surface area (Å²) in [5, 5.41) is 13.3. The van der Waals surface area contributed by atoms with E-state index in [1.165, 1.54) is 10.8 Å². The van der Waals surface area contributed by atoms with Crippen LogP contribution in [-0.2, 0) is 7.05 Å². The lowest BCUT2D eigenvalue weighted by molar-refractivity contribution is -0.671. The van der Waals surface area contributed by atoms with Gasteiger partial charge in [-0.3, -0.25) is 4.98 Å². The Hall–Kier alpha value is -3.20. The van der Waals surface area contributed by atoms with E-state index in [4.69, 9.17) is 0 Å². The van der Waals surface area contributed by atoms with Gasteiger partial charge in [0.1, 0.15) is 18.3 Å². The first kappa shape index (κ1) is 14.4. The topological polar surface area (TPSA) is 37.0 Å². The molecule has 0 bridgehead atoms. The van der Waals surface area contributed by atoms with Gasteiger partial charge in [-0.15, -0.1) is 0 Å². The van der Waals surface area contributed by atoms with Crippen LogP contribution in [0.15, 0.2) is 67.0 Å². The SMILES string of the molecule is C[n+]1ccc2ccccc2c1/C=C/c1ccc(O)c2ncccc12. The van der Waals surface area contributed by atoms with E-state index in [0.29, 0.717) is 5.52 Å². The maximum atomic E-state index is 9.98. The number of fused-ring (bicyclic) bond motifs is 2. The van der Waals surface area contributed by atoms with Gasteiger partial charge in [0.05, 0.1) is 5.39 Å². The van der Waals surface area contributed by atoms with Gasteiger partial charge >= 0.3 is 0 Å². The molecule has 0 aliphatic heterocycles. The molecular formula is C21H17N2O+. The number of hydrogen-bond acceptors (Lipinski definition) is 2. The molecule has 116 valence electrons. The number of benzene rings is 2. The number of nitrogens with zero attached hydrogens (tertiary/aromatic N) is 2. The Morgan fingerprint density at radius 1 is 0.917 bits per heavy atom. The van der Waals surface area contributed by atoms with Crippen LogP contribution in [0.3, 0.4) is 0 Å². The van der Waals surface area contributed by atoms with E-state index < -0.39 is 0 Å². The first-order valence-corrected chi connectivity index (χ1v) is 7.86. The molecule has 0 spiro atoms. The molecule has 0 aliphatic rings. The molecule has 2 aromatic carbocycles. The molecule has 0 saturated carbocycles. The van der Waals surface area contributed by atoms with Gasteiger partial charge in [0.2, 0.25) is 5.69 Å². The van der Waals surface area contributed by atoms with Crippen LogP contribution in [0.5, 0.6) is 5.75 Å². The fraction of sp³-hybridized carbons (Fsp3) is 0.0476. The highest BCUT2D eigenvalue weighted by Crippen LogP contribution is 2.27. The van der Waals surface area contributed by atoms with E-state index >= 15 is 0 Å². The predicted octanol–water partition coefficient (Wildman–Crippen LogP) is 4.09. The molecule has 1 N–H and O–H groups in total. The Bertz CT molecular complexity index is 1080. The molecule has 0 unspecified atom stereocenters. The summed E-state index contributed by atoms with van der Waals surface area (Å²) in [4.78, 5) is 4.27. The van der Waals surface area contributed by atoms with Gasteiger partial charge in [-0.05, 0) is 35.2 Å². The van der Waals surface area contributed by atoms with E-state index in [9.17, 15) is 5.11 Å². The minimum atomic E-state index is 0.207. The summed E-state index contributed by atoms with van der Waals surface area (Å²) >= 11 is 0. The molecule has 2 heterocycles. The Kier molecular flexibility index (Phi) is 3.47. The summed E-state index contributed by atoms with van der Waals surface area (Å²) in [7, 11) is 2.04. The monoisotopic (exact) mass is 313 g/mol. The summed E-state index contributed by atoms with van der Waals surface area (Å²) in [5.74, 6) is 0.207. The zero-order valence-corrected chi connectivity index (χ0v) is 13.3. The lowest BCUT2D eigenvalue weighted by Gasteiger charge is -2.04. The third-order valence-electron chi connectivity index (χ3n) is 4.30. The number of aromatic hydroxyl groups is 1. The summed E-state index contributed by atoms with van der Waals surface area (Å²) in [6, 6.07) is 17.9. The maximum Gasteiger partial charge on any atom is 0.212 e. The Labute approximate surface area is 140 Å². The number of hydrogen-bond donors (Lipinski definition) is 1. The Balaban J connectivity index is 1.88. The number of aromatic nitrogens is 2. The van der Waals surface area contributed by atoms with Crippen molar-refractivity contribution in [3.05, 3.63) is 78.2 Å². The molecule has 4 aromatic rings. The molecular weight excluding hydrogens is 296 g/mol. The summed E-state index contributed by atoms with van der Waals surface area (Å²) < 4.78 is 2.11. The van der Waals surface area contributed by atoms with Gasteiger partial charge in [0.25, 0.3) is 0 Å². The zero-order chi connectivity index (χ0) is 16.5. The van der Waals surface area contributed by atoms with Crippen LogP contribution in [0.1, 0.15) is 11.3 Å². The van der Waals surface area contributed by atoms with Crippen LogP contribution < -0.4 is 4.57 Å². The largest absolute Gasteiger partial charge is 0.506 e. The standard InChI is InChI=1S/C21H16N2O/c1-23-14-12-15-5-2-3-6-17(15)19(23)10-8-16-9-11-20(24)21-18(16)7-4-13-22-21/h2-14H,1H3/p+1. The van der Waals surface area contributed by atoms with Crippen molar-refractivity contribution in [1.29, 1.82) is 0 Å². The first-order valence-electron chi connectivity index (χ1n) is 7.86. The van der Waals surface area contributed by atoms with Crippen LogP contribution in [0.2, 0.25) is 0 Å². The van der Waals surface area contributed by atoms with Crippen LogP contribution in [-0.4, -0.2) is 10.1 Å². The predicted molar refractivity (Wildman–Crippen MR) is 97.5 cm³/mol. The fourth-order valence-electron chi connectivity index (χ4n) is 3.04. The van der Waals surface area contributed by atoms with Gasteiger partial charge in [0.15, 0.2) is 6.20 Å². The van der Waals surface area contributed by atoms with E-state index in [2.05, 4.69) is 58.2 Å². The molecule has 0 atom stereocenters. The second-order valence-electron chi connectivity index (χ2n) is 5.81. The lowest BCUT2D eigenvalue weighted by Crippen LogP contribution is -2.31. The van der Waals surface area contributed by atoms with Crippen molar-refractivity contribution < 1.29 is 9.67 Å². The molecule has 0 fully saturated rings. The van der Waals surface area contributed by atoms with Gasteiger partial charge in [-0.1, -0.05) is 30.3 Å². The average molecular weight is 313 g/mol. The lowest BCUT2D eigenvalue weighted by atomic mass is 10.1. The van der Waals surface area contributed by atoms with Gasteiger partial charge < -0.3 is 5.11 Å². The van der Waals surface area contributed by atoms with Crippen molar-refractivity contribution in [2.75, 3.05) is 0 Å². The second-order valence-corrected chi connectivity index (χ2v) is 5.81. The Morgan fingerprint density at radius 3 is 2.67 bits per heavy atom. The highest BCUT2D eigenvalue weighted by atomic mass is 16.3. The second kappa shape index (κ2) is 5.78. The average Bonchev–Trinajstić information content (AvgIpc) is 2.63. The molecule has 24 heavy (non-hydrogen) atoms. The first-order chi connectivity index (χ1) is 11.7. The van der Waals surface area contributed by atoms with Gasteiger partial charge in [0, 0.05) is 23.7 Å². The third-order valence-corrected chi connectivity index (χ3v) is 4.30. The number of phenols is 1. The van der Waals surface area contributed by atoms with Crippen LogP contribution in [0.4, 0.5) is 0 Å². The molecule has 4 rings (SSSR count). The molecule has 0 aliphatic carbocycles.